The molecule has 1 heterocycles. The van der Waals surface area contributed by atoms with Crippen LogP contribution in [0, 0.1) is 53.4 Å². The SMILES string of the molecule is CC(C)N1C(=O)C2C3CC(C(OC(=O)C45CC6CC(C4)C(=O)C(C6)C5)C31)C2C(=O)O[CH-]C(F)(F)S(=O)(=O)[O-].[Rf]. The van der Waals surface area contributed by atoms with Gasteiger partial charge in [0.25, 0.3) is 11.2 Å². The summed E-state index contributed by atoms with van der Waals surface area (Å²) in [5.41, 5.74) is -0.786. The molecule has 7 aliphatic rings. The summed E-state index contributed by atoms with van der Waals surface area (Å²) >= 11 is 0. The fraction of sp³-hybridized carbons (Fsp3) is 0.800. The van der Waals surface area contributed by atoms with Crippen LogP contribution in [0.25, 0.3) is 0 Å². The Morgan fingerprint density at radius 2 is 1.72 bits per heavy atom. The number of hydrogen-bond acceptors (Lipinski definition) is 9. The summed E-state index contributed by atoms with van der Waals surface area (Å²) in [6.45, 7) is 2.98. The average molecular weight is 825 g/mol. The zero-order valence-electron chi connectivity index (χ0n) is 21.6. The van der Waals surface area contributed by atoms with Gasteiger partial charge in [-0.2, -0.15) is 0 Å². The van der Waals surface area contributed by atoms with E-state index in [1.807, 2.05) is 0 Å². The summed E-state index contributed by atoms with van der Waals surface area (Å²) in [6.07, 6.45) is 2.51. The Labute approximate surface area is 218 Å². The predicted octanol–water partition coefficient (Wildman–Crippen LogP) is 1.64. The summed E-state index contributed by atoms with van der Waals surface area (Å²) in [4.78, 5) is 54.3. The molecule has 39 heavy (non-hydrogen) atoms. The zero-order chi connectivity index (χ0) is 27.5. The van der Waals surface area contributed by atoms with Gasteiger partial charge in [0.05, 0.1) is 23.3 Å². The number of amides is 1. The largest absolute Gasteiger partial charge is 0.746 e. The second-order valence-corrected chi connectivity index (χ2v) is 13.9. The molecule has 8 unspecified atom stereocenters. The van der Waals surface area contributed by atoms with Crippen LogP contribution >= 0.6 is 0 Å². The summed E-state index contributed by atoms with van der Waals surface area (Å²) < 4.78 is 70.3. The molecule has 0 aromatic heterocycles. The molecule has 7 rings (SSSR count). The van der Waals surface area contributed by atoms with Gasteiger partial charge in [0.2, 0.25) is 5.91 Å². The topological polar surface area (TPSA) is 147 Å². The van der Waals surface area contributed by atoms with Crippen molar-refractivity contribution in [3.05, 3.63) is 6.61 Å². The Balaban J connectivity index is 0.00000308. The first-order valence-electron chi connectivity index (χ1n) is 13.1. The van der Waals surface area contributed by atoms with E-state index >= 15 is 0 Å². The van der Waals surface area contributed by atoms with Crippen molar-refractivity contribution in [2.75, 3.05) is 0 Å². The van der Waals surface area contributed by atoms with Crippen LogP contribution in [0.3, 0.4) is 0 Å². The molecule has 6 saturated carbocycles. The first-order valence-corrected chi connectivity index (χ1v) is 14.5. The molecule has 0 spiro atoms. The molecule has 0 radical (unpaired) electrons. The van der Waals surface area contributed by atoms with E-state index in [-0.39, 0.29) is 41.4 Å². The van der Waals surface area contributed by atoms with Gasteiger partial charge in [-0.3, -0.25) is 19.2 Å². The van der Waals surface area contributed by atoms with Crippen LogP contribution in [0.4, 0.5) is 8.78 Å². The monoisotopic (exact) mass is 824 g/mol. The van der Waals surface area contributed by atoms with Crippen molar-refractivity contribution >= 4 is 33.7 Å². The van der Waals surface area contributed by atoms with Crippen LogP contribution in [-0.4, -0.2) is 64.9 Å². The summed E-state index contributed by atoms with van der Waals surface area (Å²) in [5, 5.41) is -4.94. The number of esters is 2. The van der Waals surface area contributed by atoms with Crippen LogP contribution in [0.5, 0.6) is 0 Å². The van der Waals surface area contributed by atoms with Crippen molar-refractivity contribution in [1.82, 2.24) is 4.90 Å². The summed E-state index contributed by atoms with van der Waals surface area (Å²) in [6, 6.07) is -0.762. The number of rotatable bonds is 7. The van der Waals surface area contributed by atoms with Crippen molar-refractivity contribution in [3.8, 4) is 0 Å². The molecule has 0 N–H and O–H groups in total. The first kappa shape index (κ1) is 27.4. The minimum absolute atomic E-state index is 0. The van der Waals surface area contributed by atoms with E-state index in [9.17, 15) is 40.9 Å². The summed E-state index contributed by atoms with van der Waals surface area (Å²) in [5.74, 6) is -5.06. The first-order chi connectivity index (χ1) is 17.6. The van der Waals surface area contributed by atoms with Crippen LogP contribution in [0.1, 0.15) is 52.4 Å². The molecule has 1 amide bonds. The van der Waals surface area contributed by atoms with Crippen molar-refractivity contribution in [2.45, 2.75) is 75.8 Å². The van der Waals surface area contributed by atoms with Gasteiger partial charge >= 0.3 is 5.97 Å². The van der Waals surface area contributed by atoms with Gasteiger partial charge in [0.1, 0.15) is 22.0 Å². The van der Waals surface area contributed by atoms with E-state index in [2.05, 4.69) is 4.74 Å². The molecular formula is C25H29F2NO9RfS-2. The maximum atomic E-state index is 13.8. The molecule has 8 atom stereocenters. The molecule has 0 aromatic rings. The zero-order valence-corrected chi connectivity index (χ0v) is 28.8. The number of ketones is 1. The van der Waals surface area contributed by atoms with Gasteiger partial charge in [0, 0.05) is 23.8 Å². The third-order valence-electron chi connectivity index (χ3n) is 10.1. The Kier molecular flexibility index (Phi) is 5.92. The molecule has 1 aliphatic heterocycles. The summed E-state index contributed by atoms with van der Waals surface area (Å²) in [7, 11) is -6.11. The maximum absolute atomic E-state index is 13.8. The van der Waals surface area contributed by atoms with E-state index in [4.69, 9.17) is 4.74 Å². The molecule has 6 bridgehead atoms. The van der Waals surface area contributed by atoms with E-state index in [1.165, 1.54) is 0 Å². The van der Waals surface area contributed by atoms with Gasteiger partial charge in [-0.25, -0.2) is 17.2 Å². The van der Waals surface area contributed by atoms with Gasteiger partial charge in [0.15, 0.2) is 0 Å². The Bertz CT molecular complexity index is 1210. The number of nitrogens with zero attached hydrogens (tertiary/aromatic N) is 1. The van der Waals surface area contributed by atoms with Gasteiger partial charge in [-0.1, -0.05) is 6.61 Å². The quantitative estimate of drug-likeness (QED) is 0.213. The van der Waals surface area contributed by atoms with E-state index < -0.39 is 69.2 Å². The Hall–Kier alpha value is -3.15. The van der Waals surface area contributed by atoms with E-state index in [0.29, 0.717) is 25.7 Å². The van der Waals surface area contributed by atoms with E-state index in [1.54, 1.807) is 18.7 Å². The molecule has 7 fully saturated rings. The molecule has 10 nitrogen and oxygen atoms in total. The third-order valence-corrected chi connectivity index (χ3v) is 10.8. The van der Waals surface area contributed by atoms with Crippen LogP contribution in [0.15, 0.2) is 0 Å². The van der Waals surface area contributed by atoms with Crippen LogP contribution < -0.4 is 0 Å². The number of halogens is 2. The van der Waals surface area contributed by atoms with Crippen LogP contribution in [-0.2, 0) is 38.8 Å². The number of Topliss-reactive ketones (excluding diaryl/α,β-unsaturated/α-hetero) is 1. The van der Waals surface area contributed by atoms with E-state index in [0.717, 1.165) is 12.8 Å². The number of carbonyl (C=O) groups excluding carboxylic acids is 4. The average Bonchev–Trinajstić information content (AvgIpc) is 3.42. The molecule has 14 heteroatoms. The molecule has 0 aromatic carbocycles. The van der Waals surface area contributed by atoms with Gasteiger partial charge in [-0.15, -0.1) is 0 Å². The normalized spacial score (nSPS) is 41.8. The number of carbonyl (C=O) groups is 4. The minimum atomic E-state index is -6.11. The Morgan fingerprint density at radius 3 is 2.28 bits per heavy atom. The predicted molar refractivity (Wildman–Crippen MR) is 120 cm³/mol. The standard InChI is InChI=1S/C25H30F2NO9S.Rf/c1-10(2)28-18-14-5-15(17(16(14)21(28)30)22(31)36-9-25(26,27)38(33,34)35)20(18)37-23(32)24-6-11-3-12(7-24)19(29)13(4-11)8-24;/h9-18,20H,3-8H2,1-2H3,(H,33,34,35);/q-1;/p-1. The number of ether oxygens (including phenoxy) is 2. The van der Waals surface area contributed by atoms with Crippen molar-refractivity contribution in [3.63, 3.8) is 0 Å². The molecule has 6 aliphatic carbocycles. The maximum Gasteiger partial charge on any atom is 0.312 e. The van der Waals surface area contributed by atoms with Gasteiger partial charge in [-0.05, 0) is 64.2 Å². The van der Waals surface area contributed by atoms with Crippen LogP contribution in [0.2, 0.25) is 0 Å². The third kappa shape index (κ3) is 3.70. The number of alkyl halides is 2. The fourth-order valence-electron chi connectivity index (χ4n) is 8.93. The van der Waals surface area contributed by atoms with Gasteiger partial charge < -0.3 is 18.9 Å². The molecular weight excluding hydrogens is 795 g/mol. The Morgan fingerprint density at radius 1 is 1.10 bits per heavy atom. The second kappa shape index (κ2) is 8.42. The number of hydrogen-bond donors (Lipinski definition) is 0. The van der Waals surface area contributed by atoms with Crippen molar-refractivity contribution < 1.29 is 50.4 Å². The van der Waals surface area contributed by atoms with Crippen molar-refractivity contribution in [1.29, 1.82) is 0 Å². The minimum Gasteiger partial charge on any atom is -0.746 e. The smallest absolute Gasteiger partial charge is 0.312 e. The molecule has 212 valence electrons. The number of fused-ring (bicyclic) bond motifs is 1. The number of likely N-dealkylation sites (tertiary alicyclic amines) is 1. The fourth-order valence-corrected chi connectivity index (χ4v) is 9.10. The second-order valence-electron chi connectivity index (χ2n) is 12.4. The molecule has 1 saturated heterocycles. The van der Waals surface area contributed by atoms with Crippen molar-refractivity contribution in [2.24, 2.45) is 46.8 Å².